The summed E-state index contributed by atoms with van der Waals surface area (Å²) in [5.41, 5.74) is 3.52. The minimum Gasteiger partial charge on any atom is -0.510 e. The maximum Gasteiger partial charge on any atom is 0.279 e. The van der Waals surface area contributed by atoms with Crippen molar-refractivity contribution < 1.29 is 9.90 Å². The van der Waals surface area contributed by atoms with Gasteiger partial charge in [0.25, 0.3) is 5.56 Å². The molecule has 4 rings (SSSR count). The normalized spacial score (nSPS) is 14.7. The zero-order valence-corrected chi connectivity index (χ0v) is 16.9. The van der Waals surface area contributed by atoms with E-state index < -0.39 is 0 Å². The van der Waals surface area contributed by atoms with E-state index in [9.17, 15) is 14.7 Å². The van der Waals surface area contributed by atoms with Crippen molar-refractivity contribution in [1.29, 1.82) is 0 Å². The van der Waals surface area contributed by atoms with Crippen LogP contribution >= 0.6 is 0 Å². The summed E-state index contributed by atoms with van der Waals surface area (Å²) >= 11 is 0. The highest BCUT2D eigenvalue weighted by atomic mass is 16.3. The van der Waals surface area contributed by atoms with E-state index in [0.29, 0.717) is 30.5 Å². The lowest BCUT2D eigenvalue weighted by atomic mass is 10.0. The van der Waals surface area contributed by atoms with Gasteiger partial charge in [-0.15, -0.1) is 5.11 Å². The molecule has 0 unspecified atom stereocenters. The topological polar surface area (TPSA) is 89.0 Å². The summed E-state index contributed by atoms with van der Waals surface area (Å²) in [5, 5.41) is 17.9. The van der Waals surface area contributed by atoms with Crippen LogP contribution in [0.25, 0.3) is 16.8 Å². The number of hydrogen-bond acceptors (Lipinski definition) is 5. The van der Waals surface area contributed by atoms with Crippen LogP contribution in [0.3, 0.4) is 0 Å². The number of aromatic nitrogens is 2. The van der Waals surface area contributed by atoms with Gasteiger partial charge in [-0.3, -0.25) is 14.3 Å². The van der Waals surface area contributed by atoms with E-state index in [1.807, 2.05) is 61.1 Å². The van der Waals surface area contributed by atoms with E-state index in [1.165, 1.54) is 0 Å². The van der Waals surface area contributed by atoms with Gasteiger partial charge in [0.2, 0.25) is 0 Å². The van der Waals surface area contributed by atoms with Gasteiger partial charge in [0.1, 0.15) is 5.76 Å². The summed E-state index contributed by atoms with van der Waals surface area (Å²) in [4.78, 5) is 25.0. The van der Waals surface area contributed by atoms with Crippen LogP contribution in [0.5, 0.6) is 0 Å². The maximum absolute atomic E-state index is 13.1. The molecule has 1 aliphatic carbocycles. The first kappa shape index (κ1) is 19.6. The number of Topliss-reactive ketones (excluding diaryl/α,β-unsaturated/α-hetero) is 1. The van der Waals surface area contributed by atoms with E-state index in [0.717, 1.165) is 16.9 Å². The van der Waals surface area contributed by atoms with E-state index in [2.05, 4.69) is 10.2 Å². The summed E-state index contributed by atoms with van der Waals surface area (Å²) in [7, 11) is 1.86. The molecule has 0 atom stereocenters. The highest BCUT2D eigenvalue weighted by molar-refractivity contribution is 5.96. The fraction of sp³-hybridized carbons (Fsp3) is 0.217. The summed E-state index contributed by atoms with van der Waals surface area (Å²) < 4.78 is 3.48. The summed E-state index contributed by atoms with van der Waals surface area (Å²) in [6, 6.07) is 16.6. The Morgan fingerprint density at radius 3 is 2.30 bits per heavy atom. The quantitative estimate of drug-likeness (QED) is 0.638. The van der Waals surface area contributed by atoms with Crippen molar-refractivity contribution >= 4 is 11.5 Å². The predicted octanol–water partition coefficient (Wildman–Crippen LogP) is 4.76. The third-order valence-electron chi connectivity index (χ3n) is 5.33. The van der Waals surface area contributed by atoms with E-state index in [4.69, 9.17) is 0 Å². The van der Waals surface area contributed by atoms with Gasteiger partial charge >= 0.3 is 0 Å². The molecule has 0 amide bonds. The number of aliphatic hydroxyl groups is 1. The Labute approximate surface area is 173 Å². The molecule has 152 valence electrons. The molecule has 1 aliphatic rings. The zero-order valence-electron chi connectivity index (χ0n) is 16.9. The van der Waals surface area contributed by atoms with Gasteiger partial charge < -0.3 is 5.11 Å². The number of carbonyl (C=O) groups is 1. The minimum absolute atomic E-state index is 0.00649. The largest absolute Gasteiger partial charge is 0.510 e. The number of hydrogen-bond donors (Lipinski definition) is 1. The Morgan fingerprint density at radius 1 is 0.933 bits per heavy atom. The molecule has 30 heavy (non-hydrogen) atoms. The highest BCUT2D eigenvalue weighted by Crippen LogP contribution is 2.26. The van der Waals surface area contributed by atoms with Crippen molar-refractivity contribution in [1.82, 2.24) is 9.36 Å². The van der Waals surface area contributed by atoms with Gasteiger partial charge in [-0.1, -0.05) is 30.3 Å². The molecule has 1 aromatic heterocycles. The Morgan fingerprint density at radius 2 is 1.63 bits per heavy atom. The molecule has 1 heterocycles. The average Bonchev–Trinajstić information content (AvgIpc) is 2.97. The number of nitrogens with zero attached hydrogens (tertiary/aromatic N) is 4. The number of para-hydroxylation sites is 1. The second-order valence-electron chi connectivity index (χ2n) is 7.26. The Balaban J connectivity index is 1.66. The van der Waals surface area contributed by atoms with Crippen LogP contribution in [-0.2, 0) is 11.8 Å². The molecule has 7 heteroatoms. The molecule has 0 fully saturated rings. The lowest BCUT2D eigenvalue weighted by molar-refractivity contribution is -0.116. The summed E-state index contributed by atoms with van der Waals surface area (Å²) in [6.45, 7) is 1.91. The van der Waals surface area contributed by atoms with Crippen LogP contribution in [0, 0.1) is 6.92 Å². The monoisotopic (exact) mass is 402 g/mol. The second kappa shape index (κ2) is 7.94. The number of allylic oxidation sites excluding steroid dienone is 2. The first-order valence-corrected chi connectivity index (χ1v) is 9.79. The highest BCUT2D eigenvalue weighted by Gasteiger charge is 2.20. The summed E-state index contributed by atoms with van der Waals surface area (Å²) in [5.74, 6) is -0.200. The molecular formula is C23H22N4O3. The lowest BCUT2D eigenvalue weighted by Crippen LogP contribution is -2.20. The summed E-state index contributed by atoms with van der Waals surface area (Å²) in [6.07, 6.45) is 1.45. The molecule has 0 aliphatic heterocycles. The van der Waals surface area contributed by atoms with E-state index in [1.54, 1.807) is 16.8 Å². The van der Waals surface area contributed by atoms with Gasteiger partial charge in [-0.2, -0.15) is 5.11 Å². The Kier molecular flexibility index (Phi) is 5.18. The molecule has 1 N–H and O–H groups in total. The third-order valence-corrected chi connectivity index (χ3v) is 5.33. The predicted molar refractivity (Wildman–Crippen MR) is 114 cm³/mol. The van der Waals surface area contributed by atoms with Crippen LogP contribution in [0.1, 0.15) is 25.0 Å². The average molecular weight is 402 g/mol. The number of azo groups is 1. The molecular weight excluding hydrogens is 380 g/mol. The third kappa shape index (κ3) is 3.50. The van der Waals surface area contributed by atoms with E-state index in [-0.39, 0.29) is 22.8 Å². The number of rotatable bonds is 4. The number of benzene rings is 2. The first-order chi connectivity index (χ1) is 14.5. The molecule has 0 radical (unpaired) electrons. The smallest absolute Gasteiger partial charge is 0.279 e. The van der Waals surface area contributed by atoms with Crippen LogP contribution in [-0.4, -0.2) is 20.3 Å². The van der Waals surface area contributed by atoms with Crippen LogP contribution in [0.4, 0.5) is 5.69 Å². The zero-order chi connectivity index (χ0) is 21.3. The lowest BCUT2D eigenvalue weighted by Gasteiger charge is -2.09. The van der Waals surface area contributed by atoms with Gasteiger partial charge in [-0.25, -0.2) is 4.68 Å². The van der Waals surface area contributed by atoms with Crippen molar-refractivity contribution in [2.75, 3.05) is 0 Å². The van der Waals surface area contributed by atoms with Gasteiger partial charge in [0.05, 0.1) is 16.9 Å². The molecule has 7 nitrogen and oxygen atoms in total. The molecule has 0 saturated carbocycles. The van der Waals surface area contributed by atoms with Crippen LogP contribution < -0.4 is 5.56 Å². The number of aliphatic hydroxyl groups excluding tert-OH is 1. The number of ketones is 1. The van der Waals surface area contributed by atoms with Crippen molar-refractivity contribution in [2.45, 2.75) is 26.2 Å². The standard InChI is InChI=1S/C23H22N4O3/c1-15-21(23(30)27(26(15)2)18-7-4-3-5-8-18)16-11-13-17(14-12-16)24-25-22-19(28)9-6-10-20(22)29/h3-5,7-8,11-14,28H,6,9-10H2,1-2H3. The second-order valence-corrected chi connectivity index (χ2v) is 7.26. The van der Waals surface area contributed by atoms with Crippen molar-refractivity contribution in [3.05, 3.63) is 82.1 Å². The van der Waals surface area contributed by atoms with Crippen molar-refractivity contribution in [2.24, 2.45) is 17.3 Å². The molecule has 0 spiro atoms. The van der Waals surface area contributed by atoms with Crippen LogP contribution in [0.2, 0.25) is 0 Å². The fourth-order valence-corrected chi connectivity index (χ4v) is 3.63. The minimum atomic E-state index is -0.194. The van der Waals surface area contributed by atoms with Gasteiger partial charge in [0.15, 0.2) is 11.5 Å². The SMILES string of the molecule is Cc1c(-c2ccc(N=NC3=C(O)CCCC3=O)cc2)c(=O)n(-c2ccccc2)n1C. The Bertz CT molecular complexity index is 1220. The number of carbonyl (C=O) groups excluding carboxylic acids is 1. The molecule has 2 aromatic carbocycles. The van der Waals surface area contributed by atoms with E-state index >= 15 is 0 Å². The molecule has 0 saturated heterocycles. The fourth-order valence-electron chi connectivity index (χ4n) is 3.63. The van der Waals surface area contributed by atoms with Crippen molar-refractivity contribution in [3.8, 4) is 16.8 Å². The first-order valence-electron chi connectivity index (χ1n) is 9.79. The molecule has 3 aromatic rings. The van der Waals surface area contributed by atoms with Gasteiger partial charge in [-0.05, 0) is 43.2 Å². The van der Waals surface area contributed by atoms with Crippen molar-refractivity contribution in [3.63, 3.8) is 0 Å². The van der Waals surface area contributed by atoms with Gasteiger partial charge in [0, 0.05) is 25.6 Å². The molecule has 0 bridgehead atoms. The van der Waals surface area contributed by atoms with Crippen LogP contribution in [0.15, 0.2) is 81.1 Å². The maximum atomic E-state index is 13.1. The Hall–Kier alpha value is -3.74.